The SMILES string of the molecule is C=CC(CC)CCCCCCCCCCCCCCCCCCCCCCC. The highest BCUT2D eigenvalue weighted by Gasteiger charge is 2.00. The van der Waals surface area contributed by atoms with Crippen molar-refractivity contribution in [3.63, 3.8) is 0 Å². The van der Waals surface area contributed by atoms with Crippen molar-refractivity contribution >= 4 is 0 Å². The minimum absolute atomic E-state index is 0.764. The molecule has 0 spiro atoms. The number of allylic oxidation sites excluding steroid dienone is 1. The minimum atomic E-state index is 0.764. The van der Waals surface area contributed by atoms with E-state index >= 15 is 0 Å². The topological polar surface area (TPSA) is 0 Å². The molecular formula is C28H56. The molecule has 0 N–H and O–H groups in total. The molecule has 0 nitrogen and oxygen atoms in total. The molecule has 0 heteroatoms. The Balaban J connectivity index is 3.04. The predicted molar refractivity (Wildman–Crippen MR) is 131 cm³/mol. The highest BCUT2D eigenvalue weighted by atomic mass is 14.1. The molecule has 0 saturated heterocycles. The van der Waals surface area contributed by atoms with Gasteiger partial charge in [-0.3, -0.25) is 0 Å². The summed E-state index contributed by atoms with van der Waals surface area (Å²) in [5, 5.41) is 0. The Hall–Kier alpha value is -0.260. The molecule has 0 radical (unpaired) electrons. The highest BCUT2D eigenvalue weighted by molar-refractivity contribution is 4.77. The van der Waals surface area contributed by atoms with Gasteiger partial charge in [-0.2, -0.15) is 0 Å². The molecule has 0 amide bonds. The molecule has 0 aromatic rings. The van der Waals surface area contributed by atoms with E-state index in [9.17, 15) is 0 Å². The van der Waals surface area contributed by atoms with Crippen molar-refractivity contribution in [2.24, 2.45) is 5.92 Å². The second kappa shape index (κ2) is 24.8. The van der Waals surface area contributed by atoms with Crippen LogP contribution in [0.2, 0.25) is 0 Å². The lowest BCUT2D eigenvalue weighted by Crippen LogP contribution is -1.93. The van der Waals surface area contributed by atoms with Crippen molar-refractivity contribution in [2.75, 3.05) is 0 Å². The maximum atomic E-state index is 3.94. The first-order valence-electron chi connectivity index (χ1n) is 13.5. The van der Waals surface area contributed by atoms with Gasteiger partial charge in [0.25, 0.3) is 0 Å². The van der Waals surface area contributed by atoms with E-state index in [0.717, 1.165) is 5.92 Å². The quantitative estimate of drug-likeness (QED) is 0.113. The third-order valence-electron chi connectivity index (χ3n) is 6.54. The molecule has 0 heterocycles. The summed E-state index contributed by atoms with van der Waals surface area (Å²) >= 11 is 0. The standard InChI is InChI=1S/C28H56/c1-4-7-8-9-10-11-12-13-14-15-16-17-18-19-20-21-22-23-24-25-26-27-28(5-2)6-3/h5,28H,2,4,6-27H2,1,3H3. The minimum Gasteiger partial charge on any atom is -0.103 e. The Morgan fingerprint density at radius 2 is 0.750 bits per heavy atom. The van der Waals surface area contributed by atoms with E-state index in [2.05, 4.69) is 26.5 Å². The first-order valence-corrected chi connectivity index (χ1v) is 13.5. The Morgan fingerprint density at radius 1 is 0.464 bits per heavy atom. The monoisotopic (exact) mass is 392 g/mol. The molecule has 1 unspecified atom stereocenters. The van der Waals surface area contributed by atoms with Crippen LogP contribution in [-0.2, 0) is 0 Å². The van der Waals surface area contributed by atoms with Crippen molar-refractivity contribution in [2.45, 2.75) is 162 Å². The Bertz CT molecular complexity index is 280. The summed E-state index contributed by atoms with van der Waals surface area (Å²) in [4.78, 5) is 0. The third kappa shape index (κ3) is 22.0. The van der Waals surface area contributed by atoms with Gasteiger partial charge in [0.1, 0.15) is 0 Å². The second-order valence-corrected chi connectivity index (χ2v) is 9.26. The molecule has 0 aromatic heterocycles. The average Bonchev–Trinajstić information content (AvgIpc) is 2.72. The van der Waals surface area contributed by atoms with Crippen LogP contribution in [0.5, 0.6) is 0 Å². The molecule has 0 aliphatic carbocycles. The zero-order valence-electron chi connectivity index (χ0n) is 20.1. The predicted octanol–water partition coefficient (Wildman–Crippen LogP) is 10.8. The van der Waals surface area contributed by atoms with Crippen LogP contribution in [0.3, 0.4) is 0 Å². The zero-order valence-corrected chi connectivity index (χ0v) is 20.1. The van der Waals surface area contributed by atoms with E-state index in [1.807, 2.05) is 0 Å². The van der Waals surface area contributed by atoms with Crippen LogP contribution >= 0.6 is 0 Å². The van der Waals surface area contributed by atoms with Crippen molar-refractivity contribution in [1.29, 1.82) is 0 Å². The lowest BCUT2D eigenvalue weighted by Gasteiger charge is -2.08. The van der Waals surface area contributed by atoms with Crippen LogP contribution in [0.4, 0.5) is 0 Å². The van der Waals surface area contributed by atoms with Gasteiger partial charge < -0.3 is 0 Å². The van der Waals surface area contributed by atoms with E-state index < -0.39 is 0 Å². The largest absolute Gasteiger partial charge is 0.103 e. The van der Waals surface area contributed by atoms with Crippen LogP contribution < -0.4 is 0 Å². The highest BCUT2D eigenvalue weighted by Crippen LogP contribution is 2.17. The fourth-order valence-corrected chi connectivity index (χ4v) is 4.33. The molecule has 0 rings (SSSR count). The van der Waals surface area contributed by atoms with Crippen LogP contribution in [0, 0.1) is 5.92 Å². The van der Waals surface area contributed by atoms with Gasteiger partial charge >= 0.3 is 0 Å². The van der Waals surface area contributed by atoms with Crippen molar-refractivity contribution < 1.29 is 0 Å². The van der Waals surface area contributed by atoms with Crippen molar-refractivity contribution in [1.82, 2.24) is 0 Å². The van der Waals surface area contributed by atoms with Gasteiger partial charge in [0.15, 0.2) is 0 Å². The summed E-state index contributed by atoms with van der Waals surface area (Å²) in [7, 11) is 0. The van der Waals surface area contributed by atoms with Crippen molar-refractivity contribution in [3.05, 3.63) is 12.7 Å². The van der Waals surface area contributed by atoms with Crippen LogP contribution in [0.25, 0.3) is 0 Å². The molecule has 0 aliphatic heterocycles. The van der Waals surface area contributed by atoms with Gasteiger partial charge in [0, 0.05) is 0 Å². The fourth-order valence-electron chi connectivity index (χ4n) is 4.33. The van der Waals surface area contributed by atoms with E-state index in [-0.39, 0.29) is 0 Å². The summed E-state index contributed by atoms with van der Waals surface area (Å²) in [6.07, 6.45) is 35.5. The fraction of sp³-hybridized carbons (Fsp3) is 0.929. The van der Waals surface area contributed by atoms with E-state index in [1.54, 1.807) is 0 Å². The number of rotatable bonds is 24. The van der Waals surface area contributed by atoms with Gasteiger partial charge in [0.2, 0.25) is 0 Å². The summed E-state index contributed by atoms with van der Waals surface area (Å²) < 4.78 is 0. The molecule has 28 heavy (non-hydrogen) atoms. The number of hydrogen-bond donors (Lipinski definition) is 0. The first kappa shape index (κ1) is 27.7. The molecule has 0 fully saturated rings. The van der Waals surface area contributed by atoms with Gasteiger partial charge in [-0.15, -0.1) is 6.58 Å². The van der Waals surface area contributed by atoms with Crippen LogP contribution in [-0.4, -0.2) is 0 Å². The van der Waals surface area contributed by atoms with Crippen LogP contribution in [0.1, 0.15) is 162 Å². The molecule has 1 atom stereocenters. The summed E-state index contributed by atoms with van der Waals surface area (Å²) in [5.41, 5.74) is 0. The maximum absolute atomic E-state index is 3.94. The molecular weight excluding hydrogens is 336 g/mol. The van der Waals surface area contributed by atoms with Gasteiger partial charge in [-0.05, 0) is 18.8 Å². The summed E-state index contributed by atoms with van der Waals surface area (Å²) in [6.45, 7) is 8.52. The first-order chi connectivity index (χ1) is 13.8. The lowest BCUT2D eigenvalue weighted by molar-refractivity contribution is 0.498. The van der Waals surface area contributed by atoms with E-state index in [1.165, 1.54) is 148 Å². The van der Waals surface area contributed by atoms with Gasteiger partial charge in [-0.1, -0.05) is 155 Å². The van der Waals surface area contributed by atoms with Gasteiger partial charge in [0.05, 0.1) is 0 Å². The second-order valence-electron chi connectivity index (χ2n) is 9.26. The zero-order chi connectivity index (χ0) is 20.5. The lowest BCUT2D eigenvalue weighted by atomic mass is 9.98. The third-order valence-corrected chi connectivity index (χ3v) is 6.54. The number of hydrogen-bond acceptors (Lipinski definition) is 0. The summed E-state index contributed by atoms with van der Waals surface area (Å²) in [6, 6.07) is 0. The maximum Gasteiger partial charge on any atom is -0.0239 e. The molecule has 0 bridgehead atoms. The molecule has 0 saturated carbocycles. The molecule has 168 valence electrons. The van der Waals surface area contributed by atoms with Gasteiger partial charge in [-0.25, -0.2) is 0 Å². The van der Waals surface area contributed by atoms with E-state index in [0.29, 0.717) is 0 Å². The van der Waals surface area contributed by atoms with Crippen LogP contribution in [0.15, 0.2) is 12.7 Å². The molecule has 0 aliphatic rings. The molecule has 0 aromatic carbocycles. The average molecular weight is 393 g/mol. The Morgan fingerprint density at radius 3 is 1.00 bits per heavy atom. The Labute approximate surface area is 180 Å². The Kier molecular flexibility index (Phi) is 24.5. The summed E-state index contributed by atoms with van der Waals surface area (Å²) in [5.74, 6) is 0.764. The number of unbranched alkanes of at least 4 members (excludes halogenated alkanes) is 20. The normalized spacial score (nSPS) is 12.4. The van der Waals surface area contributed by atoms with Crippen molar-refractivity contribution in [3.8, 4) is 0 Å². The smallest absolute Gasteiger partial charge is 0.0239 e. The van der Waals surface area contributed by atoms with E-state index in [4.69, 9.17) is 0 Å².